The SMILES string of the molecule is c1ccc(-c2ccc3oc4cccc(-c5nc(-c6ccccc6)nc(-c6ccc(-c7ccccc7)c7ccccc67)n5)c4c3c2)cc1. The Hall–Kier alpha value is -6.39. The normalized spacial score (nSPS) is 11.4. The van der Waals surface area contributed by atoms with E-state index in [0.29, 0.717) is 17.5 Å². The van der Waals surface area contributed by atoms with Gasteiger partial charge in [0.05, 0.1) is 0 Å². The summed E-state index contributed by atoms with van der Waals surface area (Å²) in [6, 6.07) is 56.3. The van der Waals surface area contributed by atoms with Gasteiger partial charge >= 0.3 is 0 Å². The lowest BCUT2D eigenvalue weighted by Gasteiger charge is -2.13. The first-order valence-electron chi connectivity index (χ1n) is 15.7. The van der Waals surface area contributed by atoms with E-state index in [9.17, 15) is 0 Å². The maximum absolute atomic E-state index is 6.38. The van der Waals surface area contributed by atoms with Gasteiger partial charge in [-0.25, -0.2) is 15.0 Å². The molecule has 4 heteroatoms. The van der Waals surface area contributed by atoms with Crippen LogP contribution < -0.4 is 0 Å². The summed E-state index contributed by atoms with van der Waals surface area (Å²) in [5, 5.41) is 4.25. The predicted octanol–water partition coefficient (Wildman–Crippen LogP) is 11.3. The minimum Gasteiger partial charge on any atom is -0.456 e. The van der Waals surface area contributed by atoms with Crippen molar-refractivity contribution in [3.8, 4) is 56.4 Å². The fourth-order valence-corrected chi connectivity index (χ4v) is 6.52. The zero-order valence-electron chi connectivity index (χ0n) is 25.3. The van der Waals surface area contributed by atoms with Crippen LogP contribution in [0.25, 0.3) is 89.1 Å². The first kappa shape index (κ1) is 27.0. The molecule has 0 N–H and O–H groups in total. The average molecular weight is 602 g/mol. The number of nitrogens with zero attached hydrogens (tertiary/aromatic N) is 3. The van der Waals surface area contributed by atoms with Crippen LogP contribution >= 0.6 is 0 Å². The molecule has 0 aliphatic rings. The second-order valence-electron chi connectivity index (χ2n) is 11.6. The molecule has 0 aliphatic heterocycles. The number of hydrogen-bond donors (Lipinski definition) is 0. The van der Waals surface area contributed by atoms with E-state index in [-0.39, 0.29) is 0 Å². The van der Waals surface area contributed by atoms with Crippen molar-refractivity contribution >= 4 is 32.7 Å². The molecule has 0 amide bonds. The van der Waals surface area contributed by atoms with Crippen molar-refractivity contribution < 1.29 is 4.42 Å². The van der Waals surface area contributed by atoms with Crippen molar-refractivity contribution in [2.24, 2.45) is 0 Å². The van der Waals surface area contributed by atoms with Crippen molar-refractivity contribution in [2.75, 3.05) is 0 Å². The van der Waals surface area contributed by atoms with E-state index in [1.165, 1.54) is 11.1 Å². The van der Waals surface area contributed by atoms with Crippen LogP contribution in [-0.4, -0.2) is 15.0 Å². The Morgan fingerprint density at radius 1 is 0.319 bits per heavy atom. The Morgan fingerprint density at radius 2 is 0.894 bits per heavy atom. The van der Waals surface area contributed by atoms with Gasteiger partial charge in [0.1, 0.15) is 11.2 Å². The molecule has 47 heavy (non-hydrogen) atoms. The summed E-state index contributed by atoms with van der Waals surface area (Å²) in [7, 11) is 0. The monoisotopic (exact) mass is 601 g/mol. The highest BCUT2D eigenvalue weighted by Gasteiger charge is 2.19. The summed E-state index contributed by atoms with van der Waals surface area (Å²) in [5.74, 6) is 1.85. The van der Waals surface area contributed by atoms with Gasteiger partial charge in [-0.1, -0.05) is 140 Å². The molecule has 0 unspecified atom stereocenters. The average Bonchev–Trinajstić information content (AvgIpc) is 3.53. The number of rotatable bonds is 5. The molecule has 0 atom stereocenters. The quantitative estimate of drug-likeness (QED) is 0.197. The molecule has 2 heterocycles. The van der Waals surface area contributed by atoms with Gasteiger partial charge in [0.15, 0.2) is 17.5 Å². The zero-order chi connectivity index (χ0) is 31.2. The summed E-state index contributed by atoms with van der Waals surface area (Å²) in [6.45, 7) is 0. The van der Waals surface area contributed by atoms with Crippen LogP contribution in [0.15, 0.2) is 168 Å². The Labute approximate surface area is 271 Å². The highest BCUT2D eigenvalue weighted by atomic mass is 16.3. The Morgan fingerprint density at radius 3 is 1.62 bits per heavy atom. The fourth-order valence-electron chi connectivity index (χ4n) is 6.52. The number of furan rings is 1. The third-order valence-corrected chi connectivity index (χ3v) is 8.76. The molecule has 0 fully saturated rings. The largest absolute Gasteiger partial charge is 0.456 e. The van der Waals surface area contributed by atoms with E-state index in [0.717, 1.165) is 60.5 Å². The first-order valence-corrected chi connectivity index (χ1v) is 15.7. The van der Waals surface area contributed by atoms with Crippen LogP contribution in [0.3, 0.4) is 0 Å². The highest BCUT2D eigenvalue weighted by Crippen LogP contribution is 2.39. The Bertz CT molecular complexity index is 2560. The first-order chi connectivity index (χ1) is 23.3. The molecule has 9 aromatic rings. The minimum absolute atomic E-state index is 0.600. The van der Waals surface area contributed by atoms with E-state index in [1.807, 2.05) is 54.6 Å². The smallest absolute Gasteiger partial charge is 0.164 e. The van der Waals surface area contributed by atoms with Gasteiger partial charge in [0.25, 0.3) is 0 Å². The van der Waals surface area contributed by atoms with Gasteiger partial charge in [0, 0.05) is 27.5 Å². The van der Waals surface area contributed by atoms with E-state index < -0.39 is 0 Å². The van der Waals surface area contributed by atoms with E-state index in [4.69, 9.17) is 19.4 Å². The number of benzene rings is 7. The van der Waals surface area contributed by atoms with Crippen LogP contribution in [0.5, 0.6) is 0 Å². The van der Waals surface area contributed by atoms with Gasteiger partial charge in [-0.2, -0.15) is 0 Å². The molecule has 220 valence electrons. The van der Waals surface area contributed by atoms with Crippen LogP contribution in [0.4, 0.5) is 0 Å². The van der Waals surface area contributed by atoms with Crippen molar-refractivity contribution in [3.63, 3.8) is 0 Å². The van der Waals surface area contributed by atoms with Crippen molar-refractivity contribution in [2.45, 2.75) is 0 Å². The standard InChI is InChI=1S/C43H27N3O/c1-4-13-28(14-5-1)31-23-26-38-37(27-31)40-36(21-12-22-39(40)47-38)43-45-41(30-17-8-3-9-18-30)44-42(46-43)35-25-24-32(29-15-6-2-7-16-29)33-19-10-11-20-34(33)35/h1-27H. The van der Waals surface area contributed by atoms with Gasteiger partial charge < -0.3 is 4.42 Å². The predicted molar refractivity (Wildman–Crippen MR) is 192 cm³/mol. The van der Waals surface area contributed by atoms with Crippen LogP contribution in [0, 0.1) is 0 Å². The third kappa shape index (κ3) is 4.75. The summed E-state index contributed by atoms with van der Waals surface area (Å²) >= 11 is 0. The molecule has 2 aromatic heterocycles. The maximum atomic E-state index is 6.38. The molecule has 0 saturated heterocycles. The van der Waals surface area contributed by atoms with E-state index in [1.54, 1.807) is 0 Å². The molecule has 7 aromatic carbocycles. The van der Waals surface area contributed by atoms with Crippen molar-refractivity contribution in [3.05, 3.63) is 164 Å². The summed E-state index contributed by atoms with van der Waals surface area (Å²) < 4.78 is 6.38. The van der Waals surface area contributed by atoms with Gasteiger partial charge in [-0.05, 0) is 57.3 Å². The van der Waals surface area contributed by atoms with Gasteiger partial charge in [0.2, 0.25) is 0 Å². The maximum Gasteiger partial charge on any atom is 0.164 e. The molecule has 9 rings (SSSR count). The van der Waals surface area contributed by atoms with E-state index in [2.05, 4.69) is 109 Å². The lowest BCUT2D eigenvalue weighted by atomic mass is 9.94. The molecule has 0 spiro atoms. The minimum atomic E-state index is 0.600. The summed E-state index contributed by atoms with van der Waals surface area (Å²) in [5.41, 5.74) is 9.03. The lowest BCUT2D eigenvalue weighted by molar-refractivity contribution is 0.669. The third-order valence-electron chi connectivity index (χ3n) is 8.76. The lowest BCUT2D eigenvalue weighted by Crippen LogP contribution is -2.01. The molecular formula is C43H27N3O. The summed E-state index contributed by atoms with van der Waals surface area (Å²) in [6.07, 6.45) is 0. The fraction of sp³-hybridized carbons (Fsp3) is 0. The molecule has 4 nitrogen and oxygen atoms in total. The Kier molecular flexibility index (Phi) is 6.43. The highest BCUT2D eigenvalue weighted by molar-refractivity contribution is 6.13. The molecule has 0 bridgehead atoms. The van der Waals surface area contributed by atoms with Crippen molar-refractivity contribution in [1.82, 2.24) is 15.0 Å². The van der Waals surface area contributed by atoms with E-state index >= 15 is 0 Å². The van der Waals surface area contributed by atoms with Gasteiger partial charge in [-0.15, -0.1) is 0 Å². The van der Waals surface area contributed by atoms with Crippen molar-refractivity contribution in [1.29, 1.82) is 0 Å². The van der Waals surface area contributed by atoms with Crippen LogP contribution in [0.1, 0.15) is 0 Å². The molecule has 0 radical (unpaired) electrons. The second kappa shape index (κ2) is 11.2. The zero-order valence-corrected chi connectivity index (χ0v) is 25.3. The summed E-state index contributed by atoms with van der Waals surface area (Å²) in [4.78, 5) is 15.4. The molecule has 0 saturated carbocycles. The molecule has 0 aliphatic carbocycles. The topological polar surface area (TPSA) is 51.8 Å². The van der Waals surface area contributed by atoms with Crippen LogP contribution in [0.2, 0.25) is 0 Å². The molecular weight excluding hydrogens is 574 g/mol. The Balaban J connectivity index is 1.29. The van der Waals surface area contributed by atoms with Crippen LogP contribution in [-0.2, 0) is 0 Å². The second-order valence-corrected chi connectivity index (χ2v) is 11.6. The number of fused-ring (bicyclic) bond motifs is 4. The number of hydrogen-bond acceptors (Lipinski definition) is 4. The number of aromatic nitrogens is 3. The van der Waals surface area contributed by atoms with Gasteiger partial charge in [-0.3, -0.25) is 0 Å².